The Morgan fingerprint density at radius 1 is 1.42 bits per heavy atom. The van der Waals surface area contributed by atoms with Crippen LogP contribution in [0.15, 0.2) is 11.4 Å². The summed E-state index contributed by atoms with van der Waals surface area (Å²) in [6, 6.07) is 1.79. The SMILES string of the molecule is CCCNC(CCCC(F)(F)F)c1sccc1OC. The van der Waals surface area contributed by atoms with Crippen LogP contribution in [0.25, 0.3) is 0 Å². The van der Waals surface area contributed by atoms with E-state index in [9.17, 15) is 13.2 Å². The third kappa shape index (κ3) is 5.82. The van der Waals surface area contributed by atoms with E-state index in [1.807, 2.05) is 18.4 Å². The van der Waals surface area contributed by atoms with Gasteiger partial charge in [-0.1, -0.05) is 6.92 Å². The van der Waals surface area contributed by atoms with Crippen LogP contribution >= 0.6 is 11.3 Å². The standard InChI is InChI=1S/C13H20F3NOS/c1-3-8-17-10(5-4-7-13(14,15)16)12-11(18-2)6-9-19-12/h6,9-10,17H,3-5,7-8H2,1-2H3. The summed E-state index contributed by atoms with van der Waals surface area (Å²) in [5, 5.41) is 5.20. The van der Waals surface area contributed by atoms with Gasteiger partial charge in [0.15, 0.2) is 0 Å². The first-order chi connectivity index (χ1) is 8.98. The van der Waals surface area contributed by atoms with E-state index in [2.05, 4.69) is 5.32 Å². The van der Waals surface area contributed by atoms with Crippen LogP contribution < -0.4 is 10.1 Å². The Bertz CT molecular complexity index is 365. The minimum absolute atomic E-state index is 0.0581. The maximum Gasteiger partial charge on any atom is 0.389 e. The number of hydrogen-bond donors (Lipinski definition) is 1. The lowest BCUT2D eigenvalue weighted by atomic mass is 10.1. The second-order valence-electron chi connectivity index (χ2n) is 4.37. The maximum atomic E-state index is 12.2. The summed E-state index contributed by atoms with van der Waals surface area (Å²) in [5.74, 6) is 0.755. The van der Waals surface area contributed by atoms with Crippen LogP contribution in [-0.4, -0.2) is 19.8 Å². The third-order valence-corrected chi connectivity index (χ3v) is 3.80. The zero-order valence-corrected chi connectivity index (χ0v) is 12.0. The van der Waals surface area contributed by atoms with Crippen LogP contribution in [0.4, 0.5) is 13.2 Å². The molecule has 1 unspecified atom stereocenters. The van der Waals surface area contributed by atoms with Crippen molar-refractivity contribution in [3.8, 4) is 5.75 Å². The molecule has 0 aliphatic heterocycles. The van der Waals surface area contributed by atoms with Gasteiger partial charge in [0.2, 0.25) is 0 Å². The predicted molar refractivity (Wildman–Crippen MR) is 71.8 cm³/mol. The Kier molecular flexibility index (Phi) is 6.65. The van der Waals surface area contributed by atoms with E-state index < -0.39 is 12.6 Å². The first-order valence-electron chi connectivity index (χ1n) is 6.39. The van der Waals surface area contributed by atoms with E-state index in [1.54, 1.807) is 7.11 Å². The molecule has 0 aliphatic rings. The van der Waals surface area contributed by atoms with Gasteiger partial charge in [0, 0.05) is 12.5 Å². The van der Waals surface area contributed by atoms with Gasteiger partial charge in [0.25, 0.3) is 0 Å². The molecule has 1 N–H and O–H groups in total. The number of ether oxygens (including phenoxy) is 1. The Balaban J connectivity index is 2.61. The molecule has 1 atom stereocenters. The number of halogens is 3. The topological polar surface area (TPSA) is 21.3 Å². The van der Waals surface area contributed by atoms with Crippen LogP contribution in [0.1, 0.15) is 43.5 Å². The van der Waals surface area contributed by atoms with E-state index in [0.717, 1.165) is 23.6 Å². The fourth-order valence-corrected chi connectivity index (χ4v) is 2.85. The molecular weight excluding hydrogens is 275 g/mol. The van der Waals surface area contributed by atoms with Gasteiger partial charge in [-0.05, 0) is 37.3 Å². The summed E-state index contributed by atoms with van der Waals surface area (Å²) >= 11 is 1.52. The van der Waals surface area contributed by atoms with Crippen molar-refractivity contribution in [2.24, 2.45) is 0 Å². The minimum atomic E-state index is -4.07. The quantitative estimate of drug-likeness (QED) is 0.761. The van der Waals surface area contributed by atoms with Gasteiger partial charge in [0.05, 0.1) is 12.0 Å². The maximum absolute atomic E-state index is 12.2. The lowest BCUT2D eigenvalue weighted by molar-refractivity contribution is -0.135. The molecule has 2 nitrogen and oxygen atoms in total. The molecule has 19 heavy (non-hydrogen) atoms. The average Bonchev–Trinajstić information content (AvgIpc) is 2.80. The normalized spacial score (nSPS) is 13.5. The molecule has 1 heterocycles. The highest BCUT2D eigenvalue weighted by Crippen LogP contribution is 2.34. The number of thiophene rings is 1. The van der Waals surface area contributed by atoms with Crippen LogP contribution in [0, 0.1) is 0 Å². The Hall–Kier alpha value is -0.750. The van der Waals surface area contributed by atoms with Crippen molar-refractivity contribution in [1.82, 2.24) is 5.32 Å². The molecule has 0 radical (unpaired) electrons. The summed E-state index contributed by atoms with van der Waals surface area (Å²) in [4.78, 5) is 0.984. The van der Waals surface area contributed by atoms with Crippen molar-refractivity contribution in [2.75, 3.05) is 13.7 Å². The highest BCUT2D eigenvalue weighted by atomic mass is 32.1. The fraction of sp³-hybridized carbons (Fsp3) is 0.692. The molecule has 0 saturated carbocycles. The predicted octanol–water partition coefficient (Wildman–Crippen LogP) is 4.53. The third-order valence-electron chi connectivity index (χ3n) is 2.79. The first kappa shape index (κ1) is 16.3. The number of nitrogens with one attached hydrogen (secondary N) is 1. The highest BCUT2D eigenvalue weighted by Gasteiger charge is 2.27. The molecule has 1 aromatic rings. The van der Waals surface area contributed by atoms with Crippen LogP contribution in [0.3, 0.4) is 0 Å². The monoisotopic (exact) mass is 295 g/mol. The summed E-state index contributed by atoms with van der Waals surface area (Å²) in [6.45, 7) is 2.82. The zero-order chi connectivity index (χ0) is 14.3. The second-order valence-corrected chi connectivity index (χ2v) is 5.32. The summed E-state index contributed by atoms with van der Waals surface area (Å²) in [6.07, 6.45) is -3.26. The molecule has 1 rings (SSSR count). The summed E-state index contributed by atoms with van der Waals surface area (Å²) in [5.41, 5.74) is 0. The van der Waals surface area contributed by atoms with Gasteiger partial charge in [0.1, 0.15) is 5.75 Å². The highest BCUT2D eigenvalue weighted by molar-refractivity contribution is 7.10. The lowest BCUT2D eigenvalue weighted by Crippen LogP contribution is -2.22. The smallest absolute Gasteiger partial charge is 0.389 e. The van der Waals surface area contributed by atoms with Crippen molar-refractivity contribution >= 4 is 11.3 Å². The van der Waals surface area contributed by atoms with Crippen molar-refractivity contribution in [3.05, 3.63) is 16.3 Å². The van der Waals surface area contributed by atoms with Gasteiger partial charge in [-0.25, -0.2) is 0 Å². The Morgan fingerprint density at radius 2 is 2.16 bits per heavy atom. The molecule has 0 aliphatic carbocycles. The van der Waals surface area contributed by atoms with Crippen molar-refractivity contribution in [3.63, 3.8) is 0 Å². The second kappa shape index (κ2) is 7.75. The molecule has 0 saturated heterocycles. The van der Waals surface area contributed by atoms with Gasteiger partial charge in [-0.15, -0.1) is 11.3 Å². The molecular formula is C13H20F3NOS. The fourth-order valence-electron chi connectivity index (χ4n) is 1.88. The number of alkyl halides is 3. The Morgan fingerprint density at radius 3 is 2.74 bits per heavy atom. The summed E-state index contributed by atoms with van der Waals surface area (Å²) in [7, 11) is 1.58. The number of hydrogen-bond acceptors (Lipinski definition) is 3. The molecule has 0 spiro atoms. The van der Waals surface area contributed by atoms with E-state index in [4.69, 9.17) is 4.74 Å². The van der Waals surface area contributed by atoms with E-state index in [-0.39, 0.29) is 12.5 Å². The molecule has 1 aromatic heterocycles. The van der Waals surface area contributed by atoms with Crippen molar-refractivity contribution in [2.45, 2.75) is 44.8 Å². The minimum Gasteiger partial charge on any atom is -0.496 e. The van der Waals surface area contributed by atoms with Gasteiger partial charge >= 0.3 is 6.18 Å². The largest absolute Gasteiger partial charge is 0.496 e. The molecule has 110 valence electrons. The molecule has 0 amide bonds. The lowest BCUT2D eigenvalue weighted by Gasteiger charge is -2.19. The van der Waals surface area contributed by atoms with Crippen LogP contribution in [-0.2, 0) is 0 Å². The van der Waals surface area contributed by atoms with Crippen molar-refractivity contribution < 1.29 is 17.9 Å². The number of methoxy groups -OCH3 is 1. The van der Waals surface area contributed by atoms with Crippen LogP contribution in [0.5, 0.6) is 5.75 Å². The van der Waals surface area contributed by atoms with Gasteiger partial charge in [-0.2, -0.15) is 13.2 Å². The van der Waals surface area contributed by atoms with E-state index in [0.29, 0.717) is 6.42 Å². The van der Waals surface area contributed by atoms with Crippen molar-refractivity contribution in [1.29, 1.82) is 0 Å². The first-order valence-corrected chi connectivity index (χ1v) is 7.27. The summed E-state index contributed by atoms with van der Waals surface area (Å²) < 4.78 is 41.9. The zero-order valence-electron chi connectivity index (χ0n) is 11.2. The van der Waals surface area contributed by atoms with E-state index >= 15 is 0 Å². The van der Waals surface area contributed by atoms with Gasteiger partial charge < -0.3 is 10.1 Å². The van der Waals surface area contributed by atoms with Crippen LogP contribution in [0.2, 0.25) is 0 Å². The molecule has 0 fully saturated rings. The molecule has 6 heteroatoms. The number of rotatable bonds is 8. The Labute approximate surface area is 116 Å². The molecule has 0 bridgehead atoms. The molecule has 0 aromatic carbocycles. The van der Waals surface area contributed by atoms with Gasteiger partial charge in [-0.3, -0.25) is 0 Å². The van der Waals surface area contributed by atoms with E-state index in [1.165, 1.54) is 11.3 Å². The average molecular weight is 295 g/mol.